The second-order valence-electron chi connectivity index (χ2n) is 5.48. The van der Waals surface area contributed by atoms with Gasteiger partial charge in [-0.05, 0) is 36.4 Å². The number of methoxy groups -OCH3 is 1. The quantitative estimate of drug-likeness (QED) is 0.482. The van der Waals surface area contributed by atoms with E-state index in [0.29, 0.717) is 12.4 Å². The fourth-order valence-electron chi connectivity index (χ4n) is 2.52. The monoisotopic (exact) mass is 364 g/mol. The smallest absolute Gasteiger partial charge is 0.235 e. The predicted molar refractivity (Wildman–Crippen MR) is 102 cm³/mol. The number of aromatic nitrogens is 4. The Bertz CT molecular complexity index is 1050. The molecule has 7 heteroatoms. The van der Waals surface area contributed by atoms with Crippen LogP contribution in [0.3, 0.4) is 0 Å². The molecular weight excluding hydrogens is 348 g/mol. The van der Waals surface area contributed by atoms with Gasteiger partial charge >= 0.3 is 0 Å². The van der Waals surface area contributed by atoms with Crippen molar-refractivity contribution in [2.45, 2.75) is 0 Å². The number of ether oxygens (including phenoxy) is 2. The highest BCUT2D eigenvalue weighted by atomic mass is 32.1. The van der Waals surface area contributed by atoms with Gasteiger partial charge in [-0.3, -0.25) is 0 Å². The lowest BCUT2D eigenvalue weighted by Gasteiger charge is -2.03. The fourth-order valence-corrected chi connectivity index (χ4v) is 3.37. The Labute approximate surface area is 154 Å². The van der Waals surface area contributed by atoms with Gasteiger partial charge in [0, 0.05) is 11.1 Å². The topological polar surface area (TPSA) is 61.5 Å². The molecule has 4 rings (SSSR count). The molecule has 0 aliphatic carbocycles. The van der Waals surface area contributed by atoms with E-state index in [0.717, 1.165) is 32.6 Å². The van der Waals surface area contributed by atoms with Gasteiger partial charge in [0.05, 0.1) is 7.11 Å². The Morgan fingerprint density at radius 3 is 2.69 bits per heavy atom. The average Bonchev–Trinajstić information content (AvgIpc) is 3.27. The minimum Gasteiger partial charge on any atom is -0.497 e. The predicted octanol–water partition coefficient (Wildman–Crippen LogP) is 4.09. The first-order chi connectivity index (χ1) is 12.8. The van der Waals surface area contributed by atoms with Crippen molar-refractivity contribution in [1.82, 2.24) is 19.8 Å². The number of fused-ring (bicyclic) bond motifs is 1. The van der Waals surface area contributed by atoms with Crippen LogP contribution < -0.4 is 9.47 Å². The molecule has 2 aromatic carbocycles. The van der Waals surface area contributed by atoms with Gasteiger partial charge in [0.15, 0.2) is 5.82 Å². The Kier molecular flexibility index (Phi) is 4.37. The van der Waals surface area contributed by atoms with Crippen LogP contribution in [0.25, 0.3) is 26.9 Å². The van der Waals surface area contributed by atoms with Gasteiger partial charge in [0.2, 0.25) is 4.96 Å². The molecule has 4 aromatic rings. The van der Waals surface area contributed by atoms with Crippen molar-refractivity contribution in [3.63, 3.8) is 0 Å². The molecule has 130 valence electrons. The van der Waals surface area contributed by atoms with Crippen molar-refractivity contribution >= 4 is 16.3 Å². The number of benzene rings is 2. The van der Waals surface area contributed by atoms with E-state index in [-0.39, 0.29) is 0 Å². The lowest BCUT2D eigenvalue weighted by molar-refractivity contribution is 0.363. The average molecular weight is 364 g/mol. The van der Waals surface area contributed by atoms with Gasteiger partial charge in [-0.25, -0.2) is 0 Å². The summed E-state index contributed by atoms with van der Waals surface area (Å²) in [5.74, 6) is 2.26. The van der Waals surface area contributed by atoms with Crippen LogP contribution in [0.2, 0.25) is 0 Å². The molecular formula is C19H16N4O2S. The SMILES string of the molecule is C=CCOc1ccc(-c2nn3c(-c4cccc(OC)c4)nnc3s2)cc1. The van der Waals surface area contributed by atoms with Gasteiger partial charge < -0.3 is 9.47 Å². The summed E-state index contributed by atoms with van der Waals surface area (Å²) in [5, 5.41) is 14.1. The maximum absolute atomic E-state index is 5.51. The maximum Gasteiger partial charge on any atom is 0.235 e. The van der Waals surface area contributed by atoms with E-state index in [1.165, 1.54) is 11.3 Å². The Morgan fingerprint density at radius 2 is 1.92 bits per heavy atom. The van der Waals surface area contributed by atoms with Crippen molar-refractivity contribution in [3.05, 3.63) is 61.2 Å². The van der Waals surface area contributed by atoms with Crippen molar-refractivity contribution in [3.8, 4) is 33.5 Å². The molecule has 0 unspecified atom stereocenters. The molecule has 0 saturated heterocycles. The van der Waals surface area contributed by atoms with E-state index in [1.807, 2.05) is 48.5 Å². The summed E-state index contributed by atoms with van der Waals surface area (Å²) in [7, 11) is 1.64. The molecule has 0 aliphatic heterocycles. The summed E-state index contributed by atoms with van der Waals surface area (Å²) in [6.45, 7) is 4.13. The second-order valence-corrected chi connectivity index (χ2v) is 6.44. The third-order valence-corrected chi connectivity index (χ3v) is 4.74. The molecule has 2 aromatic heterocycles. The number of nitrogens with zero attached hydrogens (tertiary/aromatic N) is 4. The van der Waals surface area contributed by atoms with Gasteiger partial charge in [0.25, 0.3) is 0 Å². The van der Waals surface area contributed by atoms with Crippen LogP contribution in [0.1, 0.15) is 0 Å². The van der Waals surface area contributed by atoms with Crippen LogP contribution in [0.4, 0.5) is 0 Å². The molecule has 0 spiro atoms. The zero-order chi connectivity index (χ0) is 17.9. The maximum atomic E-state index is 5.51. The molecule has 0 aliphatic rings. The lowest BCUT2D eigenvalue weighted by Crippen LogP contribution is -1.93. The van der Waals surface area contributed by atoms with E-state index >= 15 is 0 Å². The van der Waals surface area contributed by atoms with Crippen molar-refractivity contribution in [2.24, 2.45) is 0 Å². The van der Waals surface area contributed by atoms with Gasteiger partial charge in [-0.15, -0.1) is 10.2 Å². The normalized spacial score (nSPS) is 10.8. The molecule has 0 fully saturated rings. The van der Waals surface area contributed by atoms with Crippen molar-refractivity contribution in [2.75, 3.05) is 13.7 Å². The number of hydrogen-bond donors (Lipinski definition) is 0. The van der Waals surface area contributed by atoms with Crippen LogP contribution in [-0.2, 0) is 0 Å². The minimum atomic E-state index is 0.486. The van der Waals surface area contributed by atoms with E-state index in [4.69, 9.17) is 9.47 Å². The third-order valence-electron chi connectivity index (χ3n) is 3.79. The highest BCUT2D eigenvalue weighted by Crippen LogP contribution is 2.30. The number of rotatable bonds is 6. The summed E-state index contributed by atoms with van der Waals surface area (Å²) < 4.78 is 12.6. The highest BCUT2D eigenvalue weighted by molar-refractivity contribution is 7.19. The molecule has 0 amide bonds. The zero-order valence-electron chi connectivity index (χ0n) is 14.1. The zero-order valence-corrected chi connectivity index (χ0v) is 14.9. The first-order valence-electron chi connectivity index (χ1n) is 7.99. The standard InChI is InChI=1S/C19H16N4O2S/c1-3-11-25-15-9-7-13(8-10-15)18-22-23-17(20-21-19(23)26-18)14-5-4-6-16(12-14)24-2/h3-10,12H,1,11H2,2H3. The molecule has 26 heavy (non-hydrogen) atoms. The first-order valence-corrected chi connectivity index (χ1v) is 8.81. The summed E-state index contributed by atoms with van der Waals surface area (Å²) in [4.78, 5) is 0.741. The fraction of sp³-hybridized carbons (Fsp3) is 0.105. The summed E-state index contributed by atoms with van der Waals surface area (Å²) >= 11 is 1.49. The van der Waals surface area contributed by atoms with Crippen LogP contribution in [-0.4, -0.2) is 33.5 Å². The Morgan fingerprint density at radius 1 is 1.08 bits per heavy atom. The molecule has 0 radical (unpaired) electrons. The molecule has 0 bridgehead atoms. The van der Waals surface area contributed by atoms with Crippen LogP contribution in [0.5, 0.6) is 11.5 Å². The van der Waals surface area contributed by atoms with Gasteiger partial charge in [-0.2, -0.15) is 9.61 Å². The van der Waals surface area contributed by atoms with Crippen LogP contribution in [0.15, 0.2) is 61.2 Å². The molecule has 0 N–H and O–H groups in total. The largest absolute Gasteiger partial charge is 0.497 e. The van der Waals surface area contributed by atoms with E-state index in [2.05, 4.69) is 21.9 Å². The van der Waals surface area contributed by atoms with Crippen LogP contribution in [0, 0.1) is 0 Å². The summed E-state index contributed by atoms with van der Waals surface area (Å²) in [6, 6.07) is 15.5. The summed E-state index contributed by atoms with van der Waals surface area (Å²) in [6.07, 6.45) is 1.72. The molecule has 2 heterocycles. The van der Waals surface area contributed by atoms with E-state index in [9.17, 15) is 0 Å². The van der Waals surface area contributed by atoms with Crippen molar-refractivity contribution in [1.29, 1.82) is 0 Å². The van der Waals surface area contributed by atoms with Gasteiger partial charge in [0.1, 0.15) is 23.1 Å². The molecule has 6 nitrogen and oxygen atoms in total. The van der Waals surface area contributed by atoms with Gasteiger partial charge in [-0.1, -0.05) is 36.1 Å². The highest BCUT2D eigenvalue weighted by Gasteiger charge is 2.15. The third kappa shape index (κ3) is 3.04. The van der Waals surface area contributed by atoms with Crippen LogP contribution >= 0.6 is 11.3 Å². The Balaban J connectivity index is 1.68. The van der Waals surface area contributed by atoms with E-state index in [1.54, 1.807) is 17.7 Å². The Hall–Kier alpha value is -3.19. The van der Waals surface area contributed by atoms with Crippen molar-refractivity contribution < 1.29 is 9.47 Å². The van der Waals surface area contributed by atoms with E-state index < -0.39 is 0 Å². The first kappa shape index (κ1) is 16.3. The summed E-state index contributed by atoms with van der Waals surface area (Å²) in [5.41, 5.74) is 1.91. The lowest BCUT2D eigenvalue weighted by atomic mass is 10.2. The molecule has 0 saturated carbocycles. The minimum absolute atomic E-state index is 0.486. The number of hydrogen-bond acceptors (Lipinski definition) is 6. The second kappa shape index (κ2) is 6.97. The molecule has 0 atom stereocenters.